The van der Waals surface area contributed by atoms with Crippen LogP contribution in [0.1, 0.15) is 5.76 Å². The number of nitrogen functional groups attached to an aromatic ring is 1. The first-order chi connectivity index (χ1) is 9.74. The normalized spacial score (nSPS) is 10.7. The first-order valence-electron chi connectivity index (χ1n) is 5.85. The van der Waals surface area contributed by atoms with Crippen LogP contribution in [0.5, 0.6) is 0 Å². The number of nitrogens with two attached hydrogens (primary N) is 1. The van der Waals surface area contributed by atoms with Crippen LogP contribution in [0.15, 0.2) is 40.8 Å². The molecule has 0 saturated heterocycles. The van der Waals surface area contributed by atoms with Crippen LogP contribution in [0.4, 0.5) is 5.95 Å². The molecule has 0 aliphatic carbocycles. The Bertz CT molecular complexity index is 722. The van der Waals surface area contributed by atoms with Crippen molar-refractivity contribution in [1.82, 2.24) is 20.3 Å². The molecule has 3 N–H and O–H groups in total. The Morgan fingerprint density at radius 1 is 1.25 bits per heavy atom. The molecule has 2 aromatic heterocycles. The summed E-state index contributed by atoms with van der Waals surface area (Å²) in [5.74, 6) is 1.61. The van der Waals surface area contributed by atoms with E-state index in [0.717, 1.165) is 11.3 Å². The lowest BCUT2D eigenvalue weighted by atomic mass is 10.2. The van der Waals surface area contributed by atoms with Crippen LogP contribution in [0.25, 0.3) is 11.3 Å². The number of rotatable bonds is 4. The number of hydrogen-bond acceptors (Lipinski definition) is 6. The molecule has 0 bridgehead atoms. The second-order valence-corrected chi connectivity index (χ2v) is 4.44. The van der Waals surface area contributed by atoms with Crippen LogP contribution in [-0.4, -0.2) is 20.3 Å². The maximum Gasteiger partial charge on any atom is 0.260 e. The molecule has 0 radical (unpaired) electrons. The molecule has 8 heteroatoms. The average Bonchev–Trinajstić information content (AvgIpc) is 3.06. The monoisotopic (exact) mass is 290 g/mol. The predicted molar refractivity (Wildman–Crippen MR) is 74.4 cm³/mol. The standard InChI is InChI=1S/C12H11ClN6O/c13-10-4-2-1-3-9(10)11-6-5-8(20-11)7-15-19-12(14)16-17-18-19/h1-6,15H,7H2,(H2,14,16,18). The predicted octanol–water partition coefficient (Wildman–Crippen LogP) is 1.91. The summed E-state index contributed by atoms with van der Waals surface area (Å²) in [6.07, 6.45) is 0. The molecular weight excluding hydrogens is 280 g/mol. The van der Waals surface area contributed by atoms with E-state index in [9.17, 15) is 0 Å². The summed E-state index contributed by atoms with van der Waals surface area (Å²) in [6.45, 7) is 0.402. The van der Waals surface area contributed by atoms with Gasteiger partial charge in [0.25, 0.3) is 5.95 Å². The van der Waals surface area contributed by atoms with Crippen molar-refractivity contribution in [3.63, 3.8) is 0 Å². The lowest BCUT2D eigenvalue weighted by Crippen LogP contribution is -2.18. The molecule has 3 rings (SSSR count). The Labute approximate surface area is 119 Å². The van der Waals surface area contributed by atoms with E-state index >= 15 is 0 Å². The van der Waals surface area contributed by atoms with E-state index in [1.807, 2.05) is 36.4 Å². The fourth-order valence-corrected chi connectivity index (χ4v) is 1.97. The quantitative estimate of drug-likeness (QED) is 0.762. The van der Waals surface area contributed by atoms with Gasteiger partial charge in [-0.05, 0) is 34.7 Å². The van der Waals surface area contributed by atoms with Gasteiger partial charge < -0.3 is 10.2 Å². The molecule has 2 heterocycles. The van der Waals surface area contributed by atoms with Crippen molar-refractivity contribution in [2.45, 2.75) is 6.54 Å². The van der Waals surface area contributed by atoms with Gasteiger partial charge >= 0.3 is 0 Å². The third kappa shape index (κ3) is 2.43. The Balaban J connectivity index is 1.74. The van der Waals surface area contributed by atoms with Crippen LogP contribution in [0.2, 0.25) is 5.02 Å². The molecule has 0 unspecified atom stereocenters. The van der Waals surface area contributed by atoms with Crippen molar-refractivity contribution in [3.05, 3.63) is 47.2 Å². The fourth-order valence-electron chi connectivity index (χ4n) is 1.74. The molecule has 0 aliphatic rings. The summed E-state index contributed by atoms with van der Waals surface area (Å²) in [5, 5.41) is 11.3. The first kappa shape index (κ1) is 12.5. The number of aromatic nitrogens is 4. The zero-order valence-electron chi connectivity index (χ0n) is 10.3. The van der Waals surface area contributed by atoms with Gasteiger partial charge in [-0.2, -0.15) is 0 Å². The van der Waals surface area contributed by atoms with Gasteiger partial charge in [-0.1, -0.05) is 28.8 Å². The number of nitrogens with zero attached hydrogens (tertiary/aromatic N) is 4. The Morgan fingerprint density at radius 2 is 2.10 bits per heavy atom. The summed E-state index contributed by atoms with van der Waals surface area (Å²) in [7, 11) is 0. The third-order valence-electron chi connectivity index (χ3n) is 2.70. The van der Waals surface area contributed by atoms with Crippen LogP contribution in [0.3, 0.4) is 0 Å². The number of furan rings is 1. The lowest BCUT2D eigenvalue weighted by Gasteiger charge is -2.03. The molecule has 0 fully saturated rings. The van der Waals surface area contributed by atoms with E-state index in [-0.39, 0.29) is 5.95 Å². The topological polar surface area (TPSA) is 94.8 Å². The van der Waals surface area contributed by atoms with E-state index in [4.69, 9.17) is 21.8 Å². The number of anilines is 1. The van der Waals surface area contributed by atoms with Gasteiger partial charge in [0.1, 0.15) is 11.5 Å². The highest BCUT2D eigenvalue weighted by Crippen LogP contribution is 2.28. The number of hydrogen-bond donors (Lipinski definition) is 2. The fraction of sp³-hybridized carbons (Fsp3) is 0.0833. The minimum Gasteiger partial charge on any atom is -0.459 e. The number of tetrazole rings is 1. The first-order valence-corrected chi connectivity index (χ1v) is 6.23. The van der Waals surface area contributed by atoms with Gasteiger partial charge in [0.15, 0.2) is 0 Å². The van der Waals surface area contributed by atoms with Gasteiger partial charge in [-0.15, -0.1) is 4.79 Å². The van der Waals surface area contributed by atoms with Crippen LogP contribution < -0.4 is 11.2 Å². The van der Waals surface area contributed by atoms with Crippen molar-refractivity contribution < 1.29 is 4.42 Å². The molecule has 7 nitrogen and oxygen atoms in total. The molecular formula is C12H11ClN6O. The van der Waals surface area contributed by atoms with Crippen LogP contribution in [0, 0.1) is 0 Å². The second kappa shape index (κ2) is 5.22. The minimum atomic E-state index is 0.183. The van der Waals surface area contributed by atoms with E-state index in [1.165, 1.54) is 4.79 Å². The summed E-state index contributed by atoms with van der Waals surface area (Å²) in [4.78, 5) is 1.28. The average molecular weight is 291 g/mol. The second-order valence-electron chi connectivity index (χ2n) is 4.03. The zero-order valence-corrected chi connectivity index (χ0v) is 11.1. The molecule has 1 aromatic carbocycles. The highest BCUT2D eigenvalue weighted by atomic mass is 35.5. The smallest absolute Gasteiger partial charge is 0.260 e. The van der Waals surface area contributed by atoms with Crippen molar-refractivity contribution in [2.75, 3.05) is 11.2 Å². The highest BCUT2D eigenvalue weighted by molar-refractivity contribution is 6.33. The van der Waals surface area contributed by atoms with E-state index in [2.05, 4.69) is 21.0 Å². The zero-order chi connectivity index (χ0) is 13.9. The van der Waals surface area contributed by atoms with E-state index in [0.29, 0.717) is 17.3 Å². The summed E-state index contributed by atoms with van der Waals surface area (Å²) < 4.78 is 5.72. The molecule has 0 atom stereocenters. The molecule has 20 heavy (non-hydrogen) atoms. The minimum absolute atomic E-state index is 0.183. The molecule has 0 saturated carbocycles. The largest absolute Gasteiger partial charge is 0.459 e. The molecule has 102 valence electrons. The van der Waals surface area contributed by atoms with Crippen molar-refractivity contribution in [2.24, 2.45) is 0 Å². The van der Waals surface area contributed by atoms with Gasteiger partial charge in [0.05, 0.1) is 11.6 Å². The molecule has 0 spiro atoms. The van der Waals surface area contributed by atoms with Gasteiger partial charge in [-0.25, -0.2) is 0 Å². The molecule has 0 amide bonds. The summed E-state index contributed by atoms with van der Waals surface area (Å²) in [6, 6.07) is 11.2. The van der Waals surface area contributed by atoms with Crippen molar-refractivity contribution >= 4 is 17.5 Å². The Hall–Kier alpha value is -2.54. The van der Waals surface area contributed by atoms with Gasteiger partial charge in [0.2, 0.25) is 0 Å². The molecule has 3 aromatic rings. The SMILES string of the molecule is Nc1nnnn1NCc1ccc(-c2ccccc2Cl)o1. The van der Waals surface area contributed by atoms with Crippen molar-refractivity contribution in [3.8, 4) is 11.3 Å². The van der Waals surface area contributed by atoms with Gasteiger partial charge in [-0.3, -0.25) is 5.43 Å². The van der Waals surface area contributed by atoms with Crippen LogP contribution in [-0.2, 0) is 6.54 Å². The van der Waals surface area contributed by atoms with E-state index in [1.54, 1.807) is 0 Å². The Kier molecular flexibility index (Phi) is 3.26. The number of benzene rings is 1. The maximum absolute atomic E-state index is 6.12. The maximum atomic E-state index is 6.12. The number of nitrogens with one attached hydrogen (secondary N) is 1. The highest BCUT2D eigenvalue weighted by Gasteiger charge is 2.08. The molecule has 0 aliphatic heterocycles. The van der Waals surface area contributed by atoms with Crippen LogP contribution >= 0.6 is 11.6 Å². The third-order valence-corrected chi connectivity index (χ3v) is 3.03. The van der Waals surface area contributed by atoms with Gasteiger partial charge in [0, 0.05) is 5.56 Å². The Morgan fingerprint density at radius 3 is 2.85 bits per heavy atom. The lowest BCUT2D eigenvalue weighted by molar-refractivity contribution is 0.517. The summed E-state index contributed by atoms with van der Waals surface area (Å²) in [5.41, 5.74) is 9.30. The number of halogens is 1. The van der Waals surface area contributed by atoms with Crippen molar-refractivity contribution in [1.29, 1.82) is 0 Å². The van der Waals surface area contributed by atoms with E-state index < -0.39 is 0 Å². The summed E-state index contributed by atoms with van der Waals surface area (Å²) >= 11 is 6.12.